The first kappa shape index (κ1) is 17.3. The summed E-state index contributed by atoms with van der Waals surface area (Å²) >= 11 is 5.92. The molecule has 3 aromatic rings. The molecule has 0 spiro atoms. The summed E-state index contributed by atoms with van der Waals surface area (Å²) < 4.78 is 32.8. The summed E-state index contributed by atoms with van der Waals surface area (Å²) in [5.41, 5.74) is 0.298. The van der Waals surface area contributed by atoms with Gasteiger partial charge in [0, 0.05) is 10.4 Å². The van der Waals surface area contributed by atoms with Gasteiger partial charge >= 0.3 is 0 Å². The van der Waals surface area contributed by atoms with Gasteiger partial charge in [-0.1, -0.05) is 41.9 Å². The molecule has 6 nitrogen and oxygen atoms in total. The minimum atomic E-state index is -4.54. The Balaban J connectivity index is 2.20. The Bertz CT molecular complexity index is 1110. The lowest BCUT2D eigenvalue weighted by Crippen LogP contribution is -2.01. The van der Waals surface area contributed by atoms with E-state index >= 15 is 0 Å². The van der Waals surface area contributed by atoms with Crippen molar-refractivity contribution in [1.82, 2.24) is 0 Å². The third kappa shape index (κ3) is 3.34. The summed E-state index contributed by atoms with van der Waals surface area (Å²) in [6.07, 6.45) is 0. The Labute approximate surface area is 149 Å². The van der Waals surface area contributed by atoms with Gasteiger partial charge in [-0.2, -0.15) is 8.42 Å². The van der Waals surface area contributed by atoms with Crippen LogP contribution in [0, 0.1) is 6.92 Å². The standard InChI is InChI=1S/C17H13ClN2O4S/c1-10-13(18)7-8-14(17(10)25(22,23)24)19-20-16-12-5-3-2-4-11(12)6-9-15(16)21/h2-9,21H,1H3,(H,22,23,24). The summed E-state index contributed by atoms with van der Waals surface area (Å²) in [7, 11) is -4.54. The highest BCUT2D eigenvalue weighted by Gasteiger charge is 2.21. The molecule has 25 heavy (non-hydrogen) atoms. The Morgan fingerprint density at radius 2 is 1.72 bits per heavy atom. The summed E-state index contributed by atoms with van der Waals surface area (Å²) in [4.78, 5) is -0.413. The first-order valence-corrected chi connectivity index (χ1v) is 9.00. The van der Waals surface area contributed by atoms with Crippen molar-refractivity contribution >= 4 is 43.9 Å². The van der Waals surface area contributed by atoms with Crippen molar-refractivity contribution in [2.24, 2.45) is 10.2 Å². The van der Waals surface area contributed by atoms with E-state index in [0.717, 1.165) is 5.39 Å². The third-order valence-electron chi connectivity index (χ3n) is 3.71. The molecule has 3 rings (SSSR count). The Morgan fingerprint density at radius 3 is 2.44 bits per heavy atom. The molecule has 0 aliphatic rings. The molecule has 0 saturated heterocycles. The number of hydrogen-bond acceptors (Lipinski definition) is 5. The highest BCUT2D eigenvalue weighted by atomic mass is 35.5. The summed E-state index contributed by atoms with van der Waals surface area (Å²) in [5.74, 6) is -0.0958. The van der Waals surface area contributed by atoms with Gasteiger partial charge in [-0.3, -0.25) is 4.55 Å². The minimum Gasteiger partial charge on any atom is -0.506 e. The zero-order valence-electron chi connectivity index (χ0n) is 13.0. The largest absolute Gasteiger partial charge is 0.506 e. The van der Waals surface area contributed by atoms with Gasteiger partial charge < -0.3 is 5.11 Å². The first-order chi connectivity index (χ1) is 11.8. The predicted octanol–water partition coefficient (Wildman–Crippen LogP) is 5.17. The maximum absolute atomic E-state index is 11.7. The zero-order chi connectivity index (χ0) is 18.2. The van der Waals surface area contributed by atoms with Gasteiger partial charge in [-0.15, -0.1) is 10.2 Å². The van der Waals surface area contributed by atoms with Gasteiger partial charge in [0.2, 0.25) is 0 Å². The number of benzene rings is 3. The van der Waals surface area contributed by atoms with Gasteiger partial charge in [0.05, 0.1) is 0 Å². The summed E-state index contributed by atoms with van der Waals surface area (Å²) in [6.45, 7) is 1.46. The van der Waals surface area contributed by atoms with Crippen LogP contribution in [0.3, 0.4) is 0 Å². The average molecular weight is 377 g/mol. The lowest BCUT2D eigenvalue weighted by molar-refractivity contribution is 0.477. The van der Waals surface area contributed by atoms with Gasteiger partial charge in [-0.25, -0.2) is 0 Å². The maximum Gasteiger partial charge on any atom is 0.297 e. The minimum absolute atomic E-state index is 0.0725. The van der Waals surface area contributed by atoms with Gasteiger partial charge in [0.25, 0.3) is 10.1 Å². The molecule has 0 amide bonds. The number of phenols is 1. The van der Waals surface area contributed by atoms with E-state index in [1.807, 2.05) is 12.1 Å². The van der Waals surface area contributed by atoms with E-state index in [2.05, 4.69) is 10.2 Å². The van der Waals surface area contributed by atoms with E-state index in [1.165, 1.54) is 25.1 Å². The van der Waals surface area contributed by atoms with Crippen molar-refractivity contribution in [2.45, 2.75) is 11.8 Å². The molecule has 0 saturated carbocycles. The molecular formula is C17H13ClN2O4S. The summed E-state index contributed by atoms with van der Waals surface area (Å²) in [6, 6.07) is 13.3. The quantitative estimate of drug-likeness (QED) is 0.486. The van der Waals surface area contributed by atoms with Gasteiger partial charge in [-0.05, 0) is 36.1 Å². The van der Waals surface area contributed by atoms with Crippen molar-refractivity contribution in [3.63, 3.8) is 0 Å². The predicted molar refractivity (Wildman–Crippen MR) is 95.8 cm³/mol. The van der Waals surface area contributed by atoms with E-state index in [0.29, 0.717) is 5.39 Å². The molecule has 0 bridgehead atoms. The smallest absolute Gasteiger partial charge is 0.297 e. The average Bonchev–Trinajstić information content (AvgIpc) is 2.56. The second-order valence-corrected chi connectivity index (χ2v) is 7.12. The van der Waals surface area contributed by atoms with E-state index in [9.17, 15) is 18.1 Å². The number of hydrogen-bond donors (Lipinski definition) is 2. The lowest BCUT2D eigenvalue weighted by Gasteiger charge is -2.08. The van der Waals surface area contributed by atoms with Crippen molar-refractivity contribution in [1.29, 1.82) is 0 Å². The highest BCUT2D eigenvalue weighted by molar-refractivity contribution is 7.86. The molecule has 3 aromatic carbocycles. The van der Waals surface area contributed by atoms with Crippen molar-refractivity contribution in [3.8, 4) is 5.75 Å². The van der Waals surface area contributed by atoms with Crippen LogP contribution in [0.1, 0.15) is 5.56 Å². The normalized spacial score (nSPS) is 12.1. The third-order valence-corrected chi connectivity index (χ3v) is 5.15. The Kier molecular flexibility index (Phi) is 4.47. The fourth-order valence-electron chi connectivity index (χ4n) is 2.51. The van der Waals surface area contributed by atoms with Crippen LogP contribution in [0.2, 0.25) is 5.02 Å². The van der Waals surface area contributed by atoms with E-state index in [4.69, 9.17) is 11.6 Å². The van der Waals surface area contributed by atoms with Crippen molar-refractivity contribution in [3.05, 3.63) is 59.1 Å². The Morgan fingerprint density at radius 1 is 1.00 bits per heavy atom. The number of azo groups is 1. The van der Waals surface area contributed by atoms with Crippen molar-refractivity contribution < 1.29 is 18.1 Å². The van der Waals surface area contributed by atoms with Crippen LogP contribution < -0.4 is 0 Å². The van der Waals surface area contributed by atoms with E-state index in [-0.39, 0.29) is 27.7 Å². The molecule has 0 aliphatic heterocycles. The second-order valence-electron chi connectivity index (χ2n) is 5.35. The van der Waals surface area contributed by atoms with Crippen LogP contribution in [0.25, 0.3) is 10.8 Å². The monoisotopic (exact) mass is 376 g/mol. The highest BCUT2D eigenvalue weighted by Crippen LogP contribution is 2.38. The maximum atomic E-state index is 11.7. The Hall–Kier alpha value is -2.48. The fraction of sp³-hybridized carbons (Fsp3) is 0.0588. The number of halogens is 1. The molecule has 0 unspecified atom stereocenters. The molecule has 0 aromatic heterocycles. The van der Waals surface area contributed by atoms with E-state index in [1.54, 1.807) is 18.2 Å². The molecule has 0 atom stereocenters. The topological polar surface area (TPSA) is 99.3 Å². The second kappa shape index (κ2) is 6.44. The van der Waals surface area contributed by atoms with Crippen LogP contribution in [0.5, 0.6) is 5.75 Å². The lowest BCUT2D eigenvalue weighted by atomic mass is 10.1. The van der Waals surface area contributed by atoms with Crippen LogP contribution in [-0.2, 0) is 10.1 Å². The van der Waals surface area contributed by atoms with Crippen LogP contribution in [0.4, 0.5) is 11.4 Å². The molecule has 0 heterocycles. The molecule has 8 heteroatoms. The fourth-order valence-corrected chi connectivity index (χ4v) is 3.59. The van der Waals surface area contributed by atoms with E-state index < -0.39 is 15.0 Å². The number of nitrogens with zero attached hydrogens (tertiary/aromatic N) is 2. The number of rotatable bonds is 3. The SMILES string of the molecule is Cc1c(Cl)ccc(N=Nc2c(O)ccc3ccccc23)c1S(=O)(=O)O. The zero-order valence-corrected chi connectivity index (χ0v) is 14.6. The van der Waals surface area contributed by atoms with Crippen LogP contribution in [0.15, 0.2) is 63.7 Å². The molecule has 2 N–H and O–H groups in total. The van der Waals surface area contributed by atoms with Crippen molar-refractivity contribution in [2.75, 3.05) is 0 Å². The molecule has 128 valence electrons. The number of aromatic hydroxyl groups is 1. The van der Waals surface area contributed by atoms with Gasteiger partial charge in [0.15, 0.2) is 0 Å². The molecule has 0 aliphatic carbocycles. The molecule has 0 fully saturated rings. The summed E-state index contributed by atoms with van der Waals surface area (Å²) in [5, 5.41) is 19.7. The van der Waals surface area contributed by atoms with Crippen LogP contribution in [-0.4, -0.2) is 18.1 Å². The molecule has 0 radical (unpaired) electrons. The van der Waals surface area contributed by atoms with Gasteiger partial charge in [0.1, 0.15) is 22.0 Å². The number of fused-ring (bicyclic) bond motifs is 1. The first-order valence-electron chi connectivity index (χ1n) is 7.18. The van der Waals surface area contributed by atoms with Crippen LogP contribution >= 0.6 is 11.6 Å². The number of phenolic OH excluding ortho intramolecular Hbond substituents is 1. The molecular weight excluding hydrogens is 364 g/mol.